The van der Waals surface area contributed by atoms with Crippen molar-refractivity contribution in [1.29, 1.82) is 0 Å². The summed E-state index contributed by atoms with van der Waals surface area (Å²) in [7, 11) is 1.59. The van der Waals surface area contributed by atoms with Crippen LogP contribution in [0.15, 0.2) is 36.4 Å². The molecule has 0 spiro atoms. The molecule has 0 unspecified atom stereocenters. The largest absolute Gasteiger partial charge is 0.396 e. The Hall–Kier alpha value is -1.16. The normalized spacial score (nSPS) is 14.0. The van der Waals surface area contributed by atoms with Crippen LogP contribution in [-0.4, -0.2) is 31.7 Å². The number of aliphatic hydroxyl groups excluding tert-OH is 1. The van der Waals surface area contributed by atoms with Gasteiger partial charge >= 0.3 is 0 Å². The van der Waals surface area contributed by atoms with Gasteiger partial charge in [-0.05, 0) is 5.56 Å². The zero-order valence-electron chi connectivity index (χ0n) is 11.3. The Morgan fingerprint density at radius 1 is 1.28 bits per heavy atom. The molecule has 18 heavy (non-hydrogen) atoms. The molecule has 0 saturated carbocycles. The summed E-state index contributed by atoms with van der Waals surface area (Å²) in [6.45, 7) is 4.19. The van der Waals surface area contributed by atoms with E-state index in [-0.39, 0.29) is 24.9 Å². The fourth-order valence-corrected chi connectivity index (χ4v) is 1.54. The van der Waals surface area contributed by atoms with E-state index in [0.717, 1.165) is 5.56 Å². The molecule has 3 heteroatoms. The number of hydrogen-bond donors (Lipinski definition) is 1. The van der Waals surface area contributed by atoms with Gasteiger partial charge in [0.15, 0.2) is 0 Å². The van der Waals surface area contributed by atoms with Crippen molar-refractivity contribution in [3.8, 4) is 0 Å². The molecule has 0 aromatic heterocycles. The zero-order valence-corrected chi connectivity index (χ0v) is 11.3. The summed E-state index contributed by atoms with van der Waals surface area (Å²) in [4.78, 5) is 0. The van der Waals surface area contributed by atoms with Crippen LogP contribution in [0.3, 0.4) is 0 Å². The van der Waals surface area contributed by atoms with Crippen LogP contribution < -0.4 is 0 Å². The number of hydrogen-bond acceptors (Lipinski definition) is 3. The molecular weight excluding hydrogens is 228 g/mol. The molecule has 1 atom stereocenters. The lowest BCUT2D eigenvalue weighted by atomic mass is 9.87. The van der Waals surface area contributed by atoms with Crippen LogP contribution in [0.5, 0.6) is 0 Å². The average Bonchev–Trinajstić information content (AvgIpc) is 2.39. The number of methoxy groups -OCH3 is 1. The van der Waals surface area contributed by atoms with E-state index in [9.17, 15) is 5.11 Å². The average molecular weight is 250 g/mol. The van der Waals surface area contributed by atoms with Crippen LogP contribution in [0.25, 0.3) is 6.08 Å². The van der Waals surface area contributed by atoms with Gasteiger partial charge in [-0.15, -0.1) is 0 Å². The van der Waals surface area contributed by atoms with Crippen molar-refractivity contribution in [3.63, 3.8) is 0 Å². The van der Waals surface area contributed by atoms with Gasteiger partial charge in [-0.25, -0.2) is 0 Å². The Bertz CT molecular complexity index is 357. The van der Waals surface area contributed by atoms with Crippen LogP contribution in [-0.2, 0) is 9.47 Å². The van der Waals surface area contributed by atoms with E-state index in [2.05, 4.69) is 0 Å². The second-order valence-electron chi connectivity index (χ2n) is 4.91. The molecule has 0 aliphatic heterocycles. The molecule has 3 nitrogen and oxygen atoms in total. The van der Waals surface area contributed by atoms with Gasteiger partial charge in [0.25, 0.3) is 0 Å². The molecular formula is C15H22O3. The molecule has 0 aliphatic rings. The first-order valence-corrected chi connectivity index (χ1v) is 6.05. The molecule has 0 aliphatic carbocycles. The highest BCUT2D eigenvalue weighted by molar-refractivity contribution is 5.49. The van der Waals surface area contributed by atoms with Crippen LogP contribution in [0, 0.1) is 5.41 Å². The molecule has 1 aromatic carbocycles. The number of aliphatic hydroxyl groups is 1. The fourth-order valence-electron chi connectivity index (χ4n) is 1.54. The van der Waals surface area contributed by atoms with E-state index in [1.165, 1.54) is 0 Å². The minimum atomic E-state index is -0.343. The van der Waals surface area contributed by atoms with Gasteiger partial charge < -0.3 is 14.6 Å². The van der Waals surface area contributed by atoms with Crippen LogP contribution in [0.4, 0.5) is 0 Å². The van der Waals surface area contributed by atoms with E-state index >= 15 is 0 Å². The summed E-state index contributed by atoms with van der Waals surface area (Å²) in [5.41, 5.74) is 0.765. The second-order valence-corrected chi connectivity index (χ2v) is 4.91. The van der Waals surface area contributed by atoms with Gasteiger partial charge in [0, 0.05) is 12.5 Å². The molecule has 100 valence electrons. The van der Waals surface area contributed by atoms with Gasteiger partial charge in [-0.2, -0.15) is 0 Å². The Labute approximate surface area is 109 Å². The van der Waals surface area contributed by atoms with Gasteiger partial charge in [0.2, 0.25) is 0 Å². The maximum absolute atomic E-state index is 9.41. The Morgan fingerprint density at radius 2 is 1.94 bits per heavy atom. The first kappa shape index (κ1) is 14.9. The molecule has 1 N–H and O–H groups in total. The standard InChI is InChI=1S/C15H22O3/c1-15(2,11-16)14(18-12-17-3)10-9-13-7-5-4-6-8-13/h4-10,14,16H,11-12H2,1-3H3/b10-9+/t14-/m1/s1. The second kappa shape index (κ2) is 7.31. The smallest absolute Gasteiger partial charge is 0.147 e. The van der Waals surface area contributed by atoms with Crippen molar-refractivity contribution < 1.29 is 14.6 Å². The lowest BCUT2D eigenvalue weighted by Crippen LogP contribution is -2.34. The predicted octanol–water partition coefficient (Wildman–Crippen LogP) is 2.71. The molecule has 1 rings (SSSR count). The van der Waals surface area contributed by atoms with Crippen molar-refractivity contribution in [2.75, 3.05) is 20.5 Å². The summed E-state index contributed by atoms with van der Waals surface area (Å²) in [6, 6.07) is 10.0. The quantitative estimate of drug-likeness (QED) is 0.756. The zero-order chi connectivity index (χ0) is 13.4. The van der Waals surface area contributed by atoms with Crippen molar-refractivity contribution >= 4 is 6.08 Å². The summed E-state index contributed by atoms with van der Waals surface area (Å²) in [5, 5.41) is 9.41. The van der Waals surface area contributed by atoms with Crippen LogP contribution >= 0.6 is 0 Å². The lowest BCUT2D eigenvalue weighted by molar-refractivity contribution is -0.100. The summed E-state index contributed by atoms with van der Waals surface area (Å²) < 4.78 is 10.5. The minimum Gasteiger partial charge on any atom is -0.396 e. The maximum Gasteiger partial charge on any atom is 0.147 e. The van der Waals surface area contributed by atoms with Gasteiger partial charge in [0.05, 0.1) is 12.7 Å². The number of rotatable bonds is 7. The van der Waals surface area contributed by atoms with Crippen molar-refractivity contribution in [2.45, 2.75) is 20.0 Å². The first-order valence-electron chi connectivity index (χ1n) is 6.05. The van der Waals surface area contributed by atoms with Crippen molar-refractivity contribution in [1.82, 2.24) is 0 Å². The minimum absolute atomic E-state index is 0.0561. The van der Waals surface area contributed by atoms with E-state index < -0.39 is 0 Å². The summed E-state index contributed by atoms with van der Waals surface area (Å²) in [5.74, 6) is 0. The number of ether oxygens (including phenoxy) is 2. The fraction of sp³-hybridized carbons (Fsp3) is 0.467. The topological polar surface area (TPSA) is 38.7 Å². The molecule has 0 heterocycles. The Morgan fingerprint density at radius 3 is 2.50 bits per heavy atom. The highest BCUT2D eigenvalue weighted by atomic mass is 16.7. The molecule has 0 bridgehead atoms. The molecule has 1 aromatic rings. The molecule has 0 radical (unpaired) electrons. The molecule has 0 saturated heterocycles. The summed E-state index contributed by atoms with van der Waals surface area (Å²) in [6.07, 6.45) is 3.77. The third-order valence-corrected chi connectivity index (χ3v) is 2.81. The third kappa shape index (κ3) is 4.61. The van der Waals surface area contributed by atoms with Gasteiger partial charge in [-0.1, -0.05) is 56.3 Å². The highest BCUT2D eigenvalue weighted by Gasteiger charge is 2.27. The van der Waals surface area contributed by atoms with E-state index in [4.69, 9.17) is 9.47 Å². The monoisotopic (exact) mass is 250 g/mol. The lowest BCUT2D eigenvalue weighted by Gasteiger charge is -2.30. The Kier molecular flexibility index (Phi) is 6.05. The van der Waals surface area contributed by atoms with E-state index in [1.54, 1.807) is 7.11 Å². The highest BCUT2D eigenvalue weighted by Crippen LogP contribution is 2.24. The molecule has 0 fully saturated rings. The maximum atomic E-state index is 9.41. The van der Waals surface area contributed by atoms with Crippen molar-refractivity contribution in [3.05, 3.63) is 42.0 Å². The first-order chi connectivity index (χ1) is 8.60. The van der Waals surface area contributed by atoms with Crippen LogP contribution in [0.2, 0.25) is 0 Å². The SMILES string of the molecule is COCO[C@H](/C=C/c1ccccc1)C(C)(C)CO. The van der Waals surface area contributed by atoms with Crippen LogP contribution in [0.1, 0.15) is 19.4 Å². The van der Waals surface area contributed by atoms with Gasteiger partial charge in [0.1, 0.15) is 6.79 Å². The van der Waals surface area contributed by atoms with Crippen molar-refractivity contribution in [2.24, 2.45) is 5.41 Å². The predicted molar refractivity (Wildman–Crippen MR) is 73.1 cm³/mol. The molecule has 0 amide bonds. The Balaban J connectivity index is 2.75. The third-order valence-electron chi connectivity index (χ3n) is 2.81. The van der Waals surface area contributed by atoms with E-state index in [0.29, 0.717) is 0 Å². The van der Waals surface area contributed by atoms with Gasteiger partial charge in [-0.3, -0.25) is 0 Å². The number of benzene rings is 1. The van der Waals surface area contributed by atoms with E-state index in [1.807, 2.05) is 56.3 Å². The summed E-state index contributed by atoms with van der Waals surface area (Å²) >= 11 is 0.